The van der Waals surface area contributed by atoms with Crippen LogP contribution in [0.15, 0.2) is 0 Å². The maximum absolute atomic E-state index is 5.65. The molecule has 0 aliphatic rings. The van der Waals surface area contributed by atoms with E-state index in [2.05, 4.69) is 20.3 Å². The molecule has 5 N–H and O–H groups in total. The number of nitrogens with two attached hydrogens (primary N) is 2. The minimum atomic E-state index is -1.32. The monoisotopic (exact) mass is 446 g/mol. The quantitative estimate of drug-likeness (QED) is 0.235. The molecule has 1 rings (SSSR count). The molecule has 12 nitrogen and oxygen atoms in total. The van der Waals surface area contributed by atoms with Crippen LogP contribution in [0.1, 0.15) is 44.9 Å². The minimum absolute atomic E-state index is 0.00971. The lowest BCUT2D eigenvalue weighted by Crippen LogP contribution is -2.54. The molecule has 180 valence electrons. The van der Waals surface area contributed by atoms with E-state index in [-0.39, 0.29) is 17.8 Å². The van der Waals surface area contributed by atoms with Gasteiger partial charge in [0.05, 0.1) is 0 Å². The number of aromatic nitrogens is 3. The molecule has 0 aromatic carbocycles. The van der Waals surface area contributed by atoms with Crippen molar-refractivity contribution in [1.29, 1.82) is 0 Å². The summed E-state index contributed by atoms with van der Waals surface area (Å²) in [6, 6.07) is 0. The Morgan fingerprint density at radius 3 is 1.74 bits per heavy atom. The molecule has 0 amide bonds. The molecule has 0 radical (unpaired) electrons. The van der Waals surface area contributed by atoms with Crippen molar-refractivity contribution in [2.45, 2.75) is 62.9 Å². The number of unbranched alkanes of at least 4 members (excludes halogenated alkanes) is 4. The van der Waals surface area contributed by atoms with Crippen LogP contribution in [-0.4, -0.2) is 75.6 Å². The number of nitrogen functional groups attached to an aromatic ring is 2. The number of methoxy groups -OCH3 is 6. The fourth-order valence-corrected chi connectivity index (χ4v) is 3.37. The third kappa shape index (κ3) is 7.98. The van der Waals surface area contributed by atoms with Crippen LogP contribution in [0.3, 0.4) is 0 Å². The van der Waals surface area contributed by atoms with Crippen molar-refractivity contribution in [3.05, 3.63) is 0 Å². The summed E-state index contributed by atoms with van der Waals surface area (Å²) in [7, 11) is 9.32. The van der Waals surface area contributed by atoms with Crippen LogP contribution in [0, 0.1) is 0 Å². The number of nitrogens with one attached hydrogen (secondary N) is 1. The van der Waals surface area contributed by atoms with Gasteiger partial charge in [-0.2, -0.15) is 15.0 Å². The molecule has 0 saturated carbocycles. The van der Waals surface area contributed by atoms with Gasteiger partial charge in [0.1, 0.15) is 6.10 Å². The van der Waals surface area contributed by atoms with Crippen LogP contribution < -0.4 is 16.8 Å². The third-order valence-corrected chi connectivity index (χ3v) is 5.15. The topological polar surface area (TPSA) is 158 Å². The Morgan fingerprint density at radius 1 is 0.742 bits per heavy atom. The van der Waals surface area contributed by atoms with E-state index in [1.165, 1.54) is 14.2 Å². The summed E-state index contributed by atoms with van der Waals surface area (Å²) in [5, 5.41) is 2.99. The van der Waals surface area contributed by atoms with Crippen molar-refractivity contribution in [2.75, 3.05) is 59.4 Å². The lowest BCUT2D eigenvalue weighted by atomic mass is 10.0. The van der Waals surface area contributed by atoms with Crippen LogP contribution in [0.5, 0.6) is 0 Å². The predicted octanol–water partition coefficient (Wildman–Crippen LogP) is 1.73. The zero-order valence-electron chi connectivity index (χ0n) is 19.5. The van der Waals surface area contributed by atoms with Crippen LogP contribution in [-0.2, 0) is 28.4 Å². The van der Waals surface area contributed by atoms with Crippen molar-refractivity contribution < 1.29 is 28.4 Å². The molecule has 1 unspecified atom stereocenters. The van der Waals surface area contributed by atoms with Gasteiger partial charge in [0.2, 0.25) is 17.8 Å². The van der Waals surface area contributed by atoms with Gasteiger partial charge in [-0.1, -0.05) is 25.7 Å². The van der Waals surface area contributed by atoms with Crippen molar-refractivity contribution in [1.82, 2.24) is 15.0 Å². The van der Waals surface area contributed by atoms with E-state index in [1.807, 2.05) is 0 Å². The standard InChI is InChI=1S/C19H38N6O6/c1-26-14(12-10-8-7-9-11-13-18(27-2,28-3)29-4)19(30-5,31-6)25-17-23-15(20)22-16(21)24-17/h14H,7-13H2,1-6H3,(H5,20,21,22,23,24,25). The average Bonchev–Trinajstić information content (AvgIpc) is 2.77. The Kier molecular flexibility index (Phi) is 11.9. The van der Waals surface area contributed by atoms with Crippen LogP contribution >= 0.6 is 0 Å². The first kappa shape index (κ1) is 27.2. The highest BCUT2D eigenvalue weighted by Crippen LogP contribution is 2.26. The smallest absolute Gasteiger partial charge is 0.282 e. The average molecular weight is 447 g/mol. The maximum atomic E-state index is 5.65. The first-order valence-corrected chi connectivity index (χ1v) is 10.2. The summed E-state index contributed by atoms with van der Waals surface area (Å²) >= 11 is 0. The normalized spacial score (nSPS) is 13.4. The third-order valence-electron chi connectivity index (χ3n) is 5.15. The van der Waals surface area contributed by atoms with Gasteiger partial charge < -0.3 is 45.2 Å². The fourth-order valence-electron chi connectivity index (χ4n) is 3.37. The molecule has 1 aromatic rings. The Morgan fingerprint density at radius 2 is 1.26 bits per heavy atom. The Bertz CT molecular complexity index is 601. The number of anilines is 3. The summed E-state index contributed by atoms with van der Waals surface area (Å²) in [4.78, 5) is 11.8. The molecule has 1 atom stereocenters. The largest absolute Gasteiger partial charge is 0.374 e. The summed E-state index contributed by atoms with van der Waals surface area (Å²) in [5.74, 6) is -2.17. The van der Waals surface area contributed by atoms with E-state index in [9.17, 15) is 0 Å². The van der Waals surface area contributed by atoms with Gasteiger partial charge in [0.25, 0.3) is 11.9 Å². The molecule has 31 heavy (non-hydrogen) atoms. The van der Waals surface area contributed by atoms with E-state index in [0.29, 0.717) is 12.8 Å². The van der Waals surface area contributed by atoms with Gasteiger partial charge in [-0.3, -0.25) is 0 Å². The summed E-state index contributed by atoms with van der Waals surface area (Å²) in [6.45, 7) is 0. The fraction of sp³-hybridized carbons (Fsp3) is 0.842. The molecule has 0 saturated heterocycles. The highest BCUT2D eigenvalue weighted by Gasteiger charge is 2.41. The number of hydrogen-bond acceptors (Lipinski definition) is 12. The van der Waals surface area contributed by atoms with Crippen molar-refractivity contribution in [3.8, 4) is 0 Å². The lowest BCUT2D eigenvalue weighted by molar-refractivity contribution is -0.355. The number of rotatable bonds is 17. The predicted molar refractivity (Wildman–Crippen MR) is 116 cm³/mol. The second kappa shape index (κ2) is 13.6. The van der Waals surface area contributed by atoms with Crippen LogP contribution in [0.4, 0.5) is 17.8 Å². The minimum Gasteiger partial charge on any atom is -0.374 e. The highest BCUT2D eigenvalue weighted by molar-refractivity contribution is 5.38. The van der Waals surface area contributed by atoms with Gasteiger partial charge in [-0.15, -0.1) is 0 Å². The van der Waals surface area contributed by atoms with E-state index in [0.717, 1.165) is 32.1 Å². The van der Waals surface area contributed by atoms with E-state index >= 15 is 0 Å². The van der Waals surface area contributed by atoms with Gasteiger partial charge in [0, 0.05) is 49.1 Å². The lowest BCUT2D eigenvalue weighted by Gasteiger charge is -2.37. The maximum Gasteiger partial charge on any atom is 0.282 e. The SMILES string of the molecule is COC(CCCCCCCC(OC)(OC)OC)C(Nc1nc(N)nc(N)n1)(OC)OC. The Labute approximate surface area is 184 Å². The zero-order chi connectivity index (χ0) is 23.3. The Balaban J connectivity index is 2.56. The van der Waals surface area contributed by atoms with Gasteiger partial charge >= 0.3 is 0 Å². The Hall–Kier alpha value is -1.83. The molecular weight excluding hydrogens is 408 g/mol. The molecule has 12 heteroatoms. The van der Waals surface area contributed by atoms with Crippen molar-refractivity contribution in [2.24, 2.45) is 0 Å². The molecular formula is C19H38N6O6. The summed E-state index contributed by atoms with van der Waals surface area (Å²) in [6.07, 6.45) is 5.81. The summed E-state index contributed by atoms with van der Waals surface area (Å²) in [5.41, 5.74) is 11.3. The molecule has 0 aliphatic heterocycles. The van der Waals surface area contributed by atoms with Gasteiger partial charge in [-0.05, 0) is 12.8 Å². The van der Waals surface area contributed by atoms with Gasteiger partial charge in [0.15, 0.2) is 0 Å². The molecule has 1 heterocycles. The highest BCUT2D eigenvalue weighted by atomic mass is 16.9. The first-order chi connectivity index (χ1) is 14.8. The van der Waals surface area contributed by atoms with Crippen molar-refractivity contribution >= 4 is 17.8 Å². The summed E-state index contributed by atoms with van der Waals surface area (Å²) < 4.78 is 32.8. The van der Waals surface area contributed by atoms with Gasteiger partial charge in [-0.25, -0.2) is 0 Å². The molecule has 0 fully saturated rings. The number of hydrogen-bond donors (Lipinski definition) is 3. The van der Waals surface area contributed by atoms with Crippen LogP contribution in [0.25, 0.3) is 0 Å². The van der Waals surface area contributed by atoms with Crippen molar-refractivity contribution in [3.63, 3.8) is 0 Å². The van der Waals surface area contributed by atoms with Crippen LogP contribution in [0.2, 0.25) is 0 Å². The molecule has 0 spiro atoms. The van der Waals surface area contributed by atoms with E-state index < -0.39 is 18.0 Å². The molecule has 0 aliphatic carbocycles. The second-order valence-electron chi connectivity index (χ2n) is 6.90. The molecule has 1 aromatic heterocycles. The van der Waals surface area contributed by atoms with E-state index in [1.54, 1.807) is 28.4 Å². The number of nitrogens with zero attached hydrogens (tertiary/aromatic N) is 3. The number of ether oxygens (including phenoxy) is 6. The first-order valence-electron chi connectivity index (χ1n) is 10.2. The zero-order valence-corrected chi connectivity index (χ0v) is 19.5. The van der Waals surface area contributed by atoms with E-state index in [4.69, 9.17) is 39.9 Å². The second-order valence-corrected chi connectivity index (χ2v) is 6.90. The molecule has 0 bridgehead atoms.